The molecule has 2 N–H and O–H groups in total. The maximum atomic E-state index is 12.4. The number of nitrogens with one attached hydrogen (secondary N) is 1. The summed E-state index contributed by atoms with van der Waals surface area (Å²) in [5.74, 6) is 1.91. The van der Waals surface area contributed by atoms with Crippen molar-refractivity contribution in [3.05, 3.63) is 59.0 Å². The van der Waals surface area contributed by atoms with Gasteiger partial charge >= 0.3 is 6.03 Å². The molecule has 1 atom stereocenters. The van der Waals surface area contributed by atoms with Crippen LogP contribution < -0.4 is 5.32 Å². The molecule has 25 heavy (non-hydrogen) atoms. The van der Waals surface area contributed by atoms with Crippen LogP contribution in [-0.2, 0) is 6.54 Å². The molecule has 0 bridgehead atoms. The van der Waals surface area contributed by atoms with Crippen molar-refractivity contribution in [1.82, 2.24) is 10.2 Å². The van der Waals surface area contributed by atoms with Gasteiger partial charge in [-0.2, -0.15) is 0 Å². The van der Waals surface area contributed by atoms with Crippen LogP contribution in [0.3, 0.4) is 0 Å². The maximum absolute atomic E-state index is 12.4. The van der Waals surface area contributed by atoms with Crippen molar-refractivity contribution in [2.45, 2.75) is 39.3 Å². The van der Waals surface area contributed by atoms with Crippen LogP contribution in [0.25, 0.3) is 0 Å². The molecule has 0 spiro atoms. The second-order valence-electron chi connectivity index (χ2n) is 6.78. The first-order valence-corrected chi connectivity index (χ1v) is 8.86. The Morgan fingerprint density at radius 3 is 2.56 bits per heavy atom. The smallest absolute Gasteiger partial charge is 0.317 e. The molecule has 1 aliphatic heterocycles. The molecule has 2 aromatic rings. The molecule has 1 saturated heterocycles. The number of amides is 2. The van der Waals surface area contributed by atoms with Gasteiger partial charge in [0.15, 0.2) is 0 Å². The SMILES string of the molecule is Cc1cc(CNC(=O)N2CCC(C(O)c3ccccc3)CC2)c(C)o1. The molecular formula is C20H26N2O3. The lowest BCUT2D eigenvalue weighted by molar-refractivity contribution is 0.0665. The summed E-state index contributed by atoms with van der Waals surface area (Å²) in [6.07, 6.45) is 1.17. The molecule has 2 heterocycles. The van der Waals surface area contributed by atoms with E-state index in [-0.39, 0.29) is 11.9 Å². The van der Waals surface area contributed by atoms with E-state index in [1.54, 1.807) is 0 Å². The third-order valence-corrected chi connectivity index (χ3v) is 4.99. The predicted octanol–water partition coefficient (Wildman–Crippen LogP) is 3.55. The quantitative estimate of drug-likeness (QED) is 0.893. The largest absolute Gasteiger partial charge is 0.466 e. The van der Waals surface area contributed by atoms with Gasteiger partial charge in [-0.3, -0.25) is 0 Å². The first kappa shape index (κ1) is 17.5. The predicted molar refractivity (Wildman–Crippen MR) is 96.1 cm³/mol. The number of aliphatic hydroxyl groups excluding tert-OH is 1. The Balaban J connectivity index is 1.48. The number of urea groups is 1. The third kappa shape index (κ3) is 4.23. The zero-order valence-electron chi connectivity index (χ0n) is 14.9. The van der Waals surface area contributed by atoms with E-state index in [1.807, 2.05) is 55.1 Å². The summed E-state index contributed by atoms with van der Waals surface area (Å²) in [5, 5.41) is 13.5. The highest BCUT2D eigenvalue weighted by Crippen LogP contribution is 2.30. The Hall–Kier alpha value is -2.27. The van der Waals surface area contributed by atoms with Gasteiger partial charge < -0.3 is 19.7 Å². The van der Waals surface area contributed by atoms with Crippen molar-refractivity contribution < 1.29 is 14.3 Å². The molecule has 0 saturated carbocycles. The normalized spacial score (nSPS) is 16.7. The number of aliphatic hydroxyl groups is 1. The molecule has 134 valence electrons. The van der Waals surface area contributed by atoms with E-state index in [4.69, 9.17) is 4.42 Å². The number of rotatable bonds is 4. The van der Waals surface area contributed by atoms with E-state index >= 15 is 0 Å². The molecule has 1 aromatic carbocycles. The van der Waals surface area contributed by atoms with Crippen molar-refractivity contribution in [2.24, 2.45) is 5.92 Å². The number of hydrogen-bond acceptors (Lipinski definition) is 3. The number of furan rings is 1. The Morgan fingerprint density at radius 1 is 1.28 bits per heavy atom. The van der Waals surface area contributed by atoms with E-state index < -0.39 is 6.10 Å². The summed E-state index contributed by atoms with van der Waals surface area (Å²) >= 11 is 0. The monoisotopic (exact) mass is 342 g/mol. The average molecular weight is 342 g/mol. The number of likely N-dealkylation sites (tertiary alicyclic amines) is 1. The number of nitrogens with zero attached hydrogens (tertiary/aromatic N) is 1. The van der Waals surface area contributed by atoms with Crippen LogP contribution in [0.4, 0.5) is 4.79 Å². The fourth-order valence-electron chi connectivity index (χ4n) is 3.48. The van der Waals surface area contributed by atoms with Crippen LogP contribution in [0.1, 0.15) is 41.6 Å². The Kier molecular flexibility index (Phi) is 5.43. The van der Waals surface area contributed by atoms with Gasteiger partial charge in [-0.15, -0.1) is 0 Å². The Labute approximate surface area is 148 Å². The van der Waals surface area contributed by atoms with Crippen LogP contribution in [0.5, 0.6) is 0 Å². The highest BCUT2D eigenvalue weighted by molar-refractivity contribution is 5.74. The lowest BCUT2D eigenvalue weighted by Gasteiger charge is -2.34. The van der Waals surface area contributed by atoms with Gasteiger partial charge in [0.1, 0.15) is 11.5 Å². The van der Waals surface area contributed by atoms with E-state index in [0.29, 0.717) is 19.6 Å². The number of carbonyl (C=O) groups is 1. The Bertz CT molecular complexity index is 703. The first-order valence-electron chi connectivity index (χ1n) is 8.86. The molecule has 1 aliphatic rings. The van der Waals surface area contributed by atoms with Crippen LogP contribution in [0.2, 0.25) is 0 Å². The van der Waals surface area contributed by atoms with Gasteiger partial charge in [0.2, 0.25) is 0 Å². The molecule has 1 unspecified atom stereocenters. The molecule has 0 aliphatic carbocycles. The molecule has 2 amide bonds. The van der Waals surface area contributed by atoms with Crippen LogP contribution in [0.15, 0.2) is 40.8 Å². The van der Waals surface area contributed by atoms with E-state index in [0.717, 1.165) is 35.5 Å². The van der Waals surface area contributed by atoms with E-state index in [2.05, 4.69) is 5.32 Å². The molecular weight excluding hydrogens is 316 g/mol. The van der Waals surface area contributed by atoms with Crippen molar-refractivity contribution in [3.8, 4) is 0 Å². The fraction of sp³-hybridized carbons (Fsp3) is 0.450. The molecule has 5 heteroatoms. The summed E-state index contributed by atoms with van der Waals surface area (Å²) in [4.78, 5) is 14.2. The third-order valence-electron chi connectivity index (χ3n) is 4.99. The van der Waals surface area contributed by atoms with Gasteiger partial charge in [-0.05, 0) is 44.2 Å². The summed E-state index contributed by atoms with van der Waals surface area (Å²) in [7, 11) is 0. The minimum atomic E-state index is -0.456. The Morgan fingerprint density at radius 2 is 1.96 bits per heavy atom. The number of piperidine rings is 1. The zero-order valence-corrected chi connectivity index (χ0v) is 14.9. The van der Waals surface area contributed by atoms with Gasteiger partial charge in [0.25, 0.3) is 0 Å². The molecule has 3 rings (SSSR count). The summed E-state index contributed by atoms with van der Waals surface area (Å²) in [6.45, 7) is 5.63. The fourth-order valence-corrected chi connectivity index (χ4v) is 3.48. The molecule has 1 aromatic heterocycles. The van der Waals surface area contributed by atoms with Crippen LogP contribution in [-0.4, -0.2) is 29.1 Å². The van der Waals surface area contributed by atoms with Gasteiger partial charge in [-0.25, -0.2) is 4.79 Å². The second-order valence-corrected chi connectivity index (χ2v) is 6.78. The number of benzene rings is 1. The summed E-state index contributed by atoms with van der Waals surface area (Å²) in [6, 6.07) is 11.7. The molecule has 0 radical (unpaired) electrons. The first-order chi connectivity index (χ1) is 12.0. The molecule has 1 fully saturated rings. The number of carbonyl (C=O) groups excluding carboxylic acids is 1. The summed E-state index contributed by atoms with van der Waals surface area (Å²) in [5.41, 5.74) is 1.97. The van der Waals surface area contributed by atoms with Gasteiger partial charge in [0.05, 0.1) is 6.10 Å². The lowest BCUT2D eigenvalue weighted by atomic mass is 9.87. The van der Waals surface area contributed by atoms with Crippen molar-refractivity contribution in [2.75, 3.05) is 13.1 Å². The second kappa shape index (κ2) is 7.74. The van der Waals surface area contributed by atoms with Crippen LogP contribution in [0, 0.1) is 19.8 Å². The van der Waals surface area contributed by atoms with Crippen LogP contribution >= 0.6 is 0 Å². The highest BCUT2D eigenvalue weighted by Gasteiger charge is 2.28. The van der Waals surface area contributed by atoms with Crippen molar-refractivity contribution in [3.63, 3.8) is 0 Å². The minimum Gasteiger partial charge on any atom is -0.466 e. The van der Waals surface area contributed by atoms with Crippen molar-refractivity contribution in [1.29, 1.82) is 0 Å². The number of hydrogen-bond donors (Lipinski definition) is 2. The zero-order chi connectivity index (χ0) is 17.8. The molecule has 5 nitrogen and oxygen atoms in total. The summed E-state index contributed by atoms with van der Waals surface area (Å²) < 4.78 is 5.48. The average Bonchev–Trinajstić information content (AvgIpc) is 2.97. The lowest BCUT2D eigenvalue weighted by Crippen LogP contribution is -2.44. The van der Waals surface area contributed by atoms with Gasteiger partial charge in [-0.1, -0.05) is 30.3 Å². The standard InChI is InChI=1S/C20H26N2O3/c1-14-12-18(15(2)25-14)13-21-20(24)22-10-8-17(9-11-22)19(23)16-6-4-3-5-7-16/h3-7,12,17,19,23H,8-11,13H2,1-2H3,(H,21,24). The maximum Gasteiger partial charge on any atom is 0.317 e. The number of aryl methyl sites for hydroxylation is 2. The van der Waals surface area contributed by atoms with E-state index in [1.165, 1.54) is 0 Å². The van der Waals surface area contributed by atoms with E-state index in [9.17, 15) is 9.90 Å². The van der Waals surface area contributed by atoms with Gasteiger partial charge in [0, 0.05) is 25.2 Å². The minimum absolute atomic E-state index is 0.0501. The highest BCUT2D eigenvalue weighted by atomic mass is 16.3. The van der Waals surface area contributed by atoms with Crippen molar-refractivity contribution >= 4 is 6.03 Å². The topological polar surface area (TPSA) is 65.7 Å².